The van der Waals surface area contributed by atoms with Gasteiger partial charge in [-0.05, 0) is 13.8 Å². The third kappa shape index (κ3) is 1.87. The second-order valence-electron chi connectivity index (χ2n) is 4.33. The number of rotatable bonds is 2. The molecule has 0 saturated carbocycles. The lowest BCUT2D eigenvalue weighted by molar-refractivity contribution is -0.238. The van der Waals surface area contributed by atoms with Gasteiger partial charge in [0, 0.05) is 7.11 Å². The summed E-state index contributed by atoms with van der Waals surface area (Å²) in [6, 6.07) is 0. The zero-order valence-electron chi connectivity index (χ0n) is 9.50. The van der Waals surface area contributed by atoms with Crippen LogP contribution >= 0.6 is 0 Å². The number of hydrogen-bond acceptors (Lipinski definition) is 6. The van der Waals surface area contributed by atoms with Crippen LogP contribution in [0.1, 0.15) is 13.8 Å². The second kappa shape index (κ2) is 4.05. The Balaban J connectivity index is 2.21. The van der Waals surface area contributed by atoms with Gasteiger partial charge in [-0.2, -0.15) is 0 Å². The van der Waals surface area contributed by atoms with Crippen molar-refractivity contribution >= 4 is 5.78 Å². The van der Waals surface area contributed by atoms with Crippen molar-refractivity contribution in [3.05, 3.63) is 0 Å². The topological polar surface area (TPSA) is 74.2 Å². The van der Waals surface area contributed by atoms with Gasteiger partial charge in [0.2, 0.25) is 0 Å². The summed E-state index contributed by atoms with van der Waals surface area (Å²) in [5, 5.41) is 9.03. The molecule has 0 aromatic rings. The summed E-state index contributed by atoms with van der Waals surface area (Å²) in [4.78, 5) is 11.8. The van der Waals surface area contributed by atoms with E-state index in [0.29, 0.717) is 0 Å². The molecule has 92 valence electrons. The lowest BCUT2D eigenvalue weighted by Crippen LogP contribution is -2.55. The molecule has 2 aliphatic heterocycles. The van der Waals surface area contributed by atoms with Crippen LogP contribution < -0.4 is 0 Å². The molecule has 0 radical (unpaired) electrons. The highest BCUT2D eigenvalue weighted by Crippen LogP contribution is 2.35. The number of carbonyl (C=O) groups is 1. The number of methoxy groups -OCH3 is 1. The van der Waals surface area contributed by atoms with Crippen LogP contribution in [-0.2, 0) is 23.7 Å². The van der Waals surface area contributed by atoms with Gasteiger partial charge in [-0.25, -0.2) is 0 Å². The molecule has 4 atom stereocenters. The third-order valence-electron chi connectivity index (χ3n) is 2.69. The first-order valence-electron chi connectivity index (χ1n) is 5.17. The van der Waals surface area contributed by atoms with Crippen molar-refractivity contribution in [2.24, 2.45) is 0 Å². The Labute approximate surface area is 93.4 Å². The first-order chi connectivity index (χ1) is 7.48. The molecule has 2 rings (SSSR count). The van der Waals surface area contributed by atoms with Gasteiger partial charge in [0.15, 0.2) is 24.0 Å². The molecule has 0 aromatic carbocycles. The molecule has 2 aliphatic rings. The predicted octanol–water partition coefficient (Wildman–Crippen LogP) is -0.561. The van der Waals surface area contributed by atoms with Crippen molar-refractivity contribution in [1.29, 1.82) is 0 Å². The van der Waals surface area contributed by atoms with E-state index in [0.717, 1.165) is 0 Å². The van der Waals surface area contributed by atoms with Gasteiger partial charge in [0.25, 0.3) is 0 Å². The van der Waals surface area contributed by atoms with E-state index in [2.05, 4.69) is 0 Å². The fraction of sp³-hybridized carbons (Fsp3) is 0.900. The van der Waals surface area contributed by atoms with E-state index < -0.39 is 30.4 Å². The quantitative estimate of drug-likeness (QED) is 0.688. The second-order valence-corrected chi connectivity index (χ2v) is 4.33. The summed E-state index contributed by atoms with van der Waals surface area (Å²) in [6.45, 7) is 3.06. The van der Waals surface area contributed by atoms with E-state index >= 15 is 0 Å². The highest BCUT2D eigenvalue weighted by Gasteiger charge is 2.55. The molecule has 2 heterocycles. The minimum atomic E-state index is -0.899. The van der Waals surface area contributed by atoms with Crippen molar-refractivity contribution < 1.29 is 28.8 Å². The maximum Gasteiger partial charge on any atom is 0.195 e. The van der Waals surface area contributed by atoms with E-state index in [1.165, 1.54) is 7.11 Å². The number of Topliss-reactive ketones (excluding diaryl/α,β-unsaturated/α-hetero) is 1. The van der Waals surface area contributed by atoms with E-state index in [1.807, 2.05) is 0 Å². The largest absolute Gasteiger partial charge is 0.393 e. The van der Waals surface area contributed by atoms with Crippen molar-refractivity contribution in [2.75, 3.05) is 13.7 Å². The Morgan fingerprint density at radius 2 is 2.12 bits per heavy atom. The minimum Gasteiger partial charge on any atom is -0.393 e. The van der Waals surface area contributed by atoms with Crippen molar-refractivity contribution in [3.63, 3.8) is 0 Å². The number of ketones is 1. The average molecular weight is 232 g/mol. The molecule has 1 N–H and O–H groups in total. The van der Waals surface area contributed by atoms with Crippen molar-refractivity contribution in [1.82, 2.24) is 0 Å². The Kier molecular flexibility index (Phi) is 3.02. The summed E-state index contributed by atoms with van der Waals surface area (Å²) >= 11 is 0. The molecule has 0 unspecified atom stereocenters. The smallest absolute Gasteiger partial charge is 0.195 e. The van der Waals surface area contributed by atoms with Gasteiger partial charge in [0.05, 0.1) is 6.61 Å². The number of ether oxygens (including phenoxy) is 4. The Hall–Kier alpha value is -0.530. The normalized spacial score (nSPS) is 42.1. The maximum atomic E-state index is 11.8. The van der Waals surface area contributed by atoms with Crippen LogP contribution in [0.15, 0.2) is 0 Å². The predicted molar refractivity (Wildman–Crippen MR) is 51.6 cm³/mol. The Morgan fingerprint density at radius 1 is 1.44 bits per heavy atom. The van der Waals surface area contributed by atoms with Gasteiger partial charge in [-0.3, -0.25) is 4.79 Å². The van der Waals surface area contributed by atoms with E-state index in [1.54, 1.807) is 13.8 Å². The molecular weight excluding hydrogens is 216 g/mol. The number of hydrogen-bond donors (Lipinski definition) is 1. The minimum absolute atomic E-state index is 0.300. The molecule has 0 bridgehead atoms. The third-order valence-corrected chi connectivity index (χ3v) is 2.69. The van der Waals surface area contributed by atoms with Crippen LogP contribution in [0.2, 0.25) is 0 Å². The Bertz CT molecular complexity index is 289. The lowest BCUT2D eigenvalue weighted by Gasteiger charge is -2.33. The molecule has 0 spiro atoms. The van der Waals surface area contributed by atoms with Gasteiger partial charge >= 0.3 is 0 Å². The van der Waals surface area contributed by atoms with Crippen molar-refractivity contribution in [3.8, 4) is 0 Å². The maximum absolute atomic E-state index is 11.8. The Morgan fingerprint density at radius 3 is 2.69 bits per heavy atom. The van der Waals surface area contributed by atoms with Gasteiger partial charge in [0.1, 0.15) is 12.2 Å². The van der Waals surface area contributed by atoms with E-state index in [-0.39, 0.29) is 12.4 Å². The summed E-state index contributed by atoms with van der Waals surface area (Å²) in [6.07, 6.45) is -2.90. The molecule has 0 aliphatic carbocycles. The SMILES string of the molecule is CO[C@H]1O[C@H](CO)C(=O)[C@@H]2OC(C)(C)O[C@H]12. The highest BCUT2D eigenvalue weighted by atomic mass is 16.8. The number of carbonyl (C=O) groups excluding carboxylic acids is 1. The molecular formula is C10H16O6. The van der Waals surface area contributed by atoms with Gasteiger partial charge < -0.3 is 24.1 Å². The van der Waals surface area contributed by atoms with Gasteiger partial charge in [-0.1, -0.05) is 0 Å². The molecule has 2 fully saturated rings. The fourth-order valence-corrected chi connectivity index (χ4v) is 2.02. The van der Waals surface area contributed by atoms with Crippen LogP contribution in [-0.4, -0.2) is 55.0 Å². The fourth-order valence-electron chi connectivity index (χ4n) is 2.02. The number of aliphatic hydroxyl groups is 1. The summed E-state index contributed by atoms with van der Waals surface area (Å²) in [5.74, 6) is -1.14. The first kappa shape index (κ1) is 11.9. The zero-order valence-corrected chi connectivity index (χ0v) is 9.50. The molecule has 2 saturated heterocycles. The molecule has 6 nitrogen and oxygen atoms in total. The molecule has 16 heavy (non-hydrogen) atoms. The molecule has 0 amide bonds. The molecule has 0 aromatic heterocycles. The van der Waals surface area contributed by atoms with Crippen LogP contribution in [0.25, 0.3) is 0 Å². The zero-order chi connectivity index (χ0) is 11.9. The average Bonchev–Trinajstić information content (AvgIpc) is 2.55. The van der Waals surface area contributed by atoms with Gasteiger partial charge in [-0.15, -0.1) is 0 Å². The first-order valence-corrected chi connectivity index (χ1v) is 5.17. The van der Waals surface area contributed by atoms with Crippen LogP contribution in [0.4, 0.5) is 0 Å². The molecule has 6 heteroatoms. The van der Waals surface area contributed by atoms with E-state index in [9.17, 15) is 4.79 Å². The highest BCUT2D eigenvalue weighted by molar-refractivity contribution is 5.89. The number of aliphatic hydroxyl groups excluding tert-OH is 1. The summed E-state index contributed by atoms with van der Waals surface area (Å²) < 4.78 is 21.4. The van der Waals surface area contributed by atoms with Crippen LogP contribution in [0, 0.1) is 0 Å². The van der Waals surface area contributed by atoms with Crippen LogP contribution in [0.5, 0.6) is 0 Å². The monoisotopic (exact) mass is 232 g/mol. The van der Waals surface area contributed by atoms with Crippen LogP contribution in [0.3, 0.4) is 0 Å². The van der Waals surface area contributed by atoms with E-state index in [4.69, 9.17) is 24.1 Å². The number of fused-ring (bicyclic) bond motifs is 1. The lowest BCUT2D eigenvalue weighted by atomic mass is 10.0. The summed E-state index contributed by atoms with van der Waals surface area (Å²) in [5.41, 5.74) is 0. The standard InChI is InChI=1S/C10H16O6/c1-10(2)15-7-6(12)5(4-11)14-9(13-3)8(7)16-10/h5,7-9,11H,4H2,1-3H3/t5-,7+,8+,9+/m1/s1. The van der Waals surface area contributed by atoms with Crippen molar-refractivity contribution in [2.45, 2.75) is 44.2 Å². The summed E-state index contributed by atoms with van der Waals surface area (Å²) in [7, 11) is 1.46.